The molecule has 0 heterocycles. The predicted molar refractivity (Wildman–Crippen MR) is 90.7 cm³/mol. The van der Waals surface area contributed by atoms with Crippen molar-refractivity contribution in [1.29, 1.82) is 0 Å². The monoisotopic (exact) mass is 302 g/mol. The molecule has 0 bridgehead atoms. The van der Waals surface area contributed by atoms with Gasteiger partial charge in [0.15, 0.2) is 0 Å². The maximum Gasteiger partial charge on any atom is 0.253 e. The van der Waals surface area contributed by atoms with Crippen molar-refractivity contribution in [2.24, 2.45) is 15.8 Å². The first-order valence-corrected chi connectivity index (χ1v) is 7.34. The van der Waals surface area contributed by atoms with Crippen LogP contribution >= 0.6 is 0 Å². The number of rotatable bonds is 4. The van der Waals surface area contributed by atoms with Gasteiger partial charge in [0.2, 0.25) is 0 Å². The quantitative estimate of drug-likeness (QED) is 0.632. The molecule has 5 nitrogen and oxygen atoms in total. The highest BCUT2D eigenvalue weighted by Crippen LogP contribution is 2.17. The summed E-state index contributed by atoms with van der Waals surface area (Å²) in [7, 11) is 0. The van der Waals surface area contributed by atoms with Crippen molar-refractivity contribution in [1.82, 2.24) is 5.32 Å². The summed E-state index contributed by atoms with van der Waals surface area (Å²) in [5, 5.41) is 10.8. The lowest BCUT2D eigenvalue weighted by molar-refractivity contribution is 0.0920. The molecule has 120 valence electrons. The van der Waals surface area contributed by atoms with Gasteiger partial charge in [-0.15, -0.1) is 5.11 Å². The number of nitrogens with one attached hydrogen (secondary N) is 2. The summed E-state index contributed by atoms with van der Waals surface area (Å²) >= 11 is 0. The van der Waals surface area contributed by atoms with Crippen LogP contribution in [-0.4, -0.2) is 11.4 Å². The second kappa shape index (κ2) is 7.20. The molecule has 1 rings (SSSR count). The molecule has 0 fully saturated rings. The number of para-hydroxylation sites is 1. The Labute approximate surface area is 132 Å². The summed E-state index contributed by atoms with van der Waals surface area (Å²) in [4.78, 5) is 12.3. The molecule has 22 heavy (non-hydrogen) atoms. The Bertz CT molecular complexity index is 563. The number of anilines is 1. The van der Waals surface area contributed by atoms with Crippen molar-refractivity contribution in [2.75, 3.05) is 5.43 Å². The molecule has 0 aliphatic heterocycles. The molecular formula is C17H26N4O. The number of nitrogens with zero attached hydrogens (tertiary/aromatic N) is 2. The summed E-state index contributed by atoms with van der Waals surface area (Å²) in [6.07, 6.45) is 3.60. The van der Waals surface area contributed by atoms with E-state index >= 15 is 0 Å². The average Bonchev–Trinajstić information content (AvgIpc) is 2.35. The number of hydrogen-bond acceptors (Lipinski definition) is 3. The van der Waals surface area contributed by atoms with Gasteiger partial charge >= 0.3 is 0 Å². The topological polar surface area (TPSA) is 65.8 Å². The highest BCUT2D eigenvalue weighted by Gasteiger charge is 2.17. The van der Waals surface area contributed by atoms with Crippen LogP contribution in [0.5, 0.6) is 0 Å². The fraction of sp³-hybridized carbons (Fsp3) is 0.471. The van der Waals surface area contributed by atoms with Crippen molar-refractivity contribution in [3.8, 4) is 0 Å². The maximum absolute atomic E-state index is 12.3. The van der Waals surface area contributed by atoms with Gasteiger partial charge in [0, 0.05) is 11.7 Å². The Hall–Kier alpha value is -2.17. The van der Waals surface area contributed by atoms with E-state index in [1.165, 1.54) is 0 Å². The van der Waals surface area contributed by atoms with E-state index in [1.54, 1.807) is 18.3 Å². The van der Waals surface area contributed by atoms with Crippen LogP contribution in [0, 0.1) is 5.41 Å². The van der Waals surface area contributed by atoms with Gasteiger partial charge in [-0.3, -0.25) is 10.2 Å². The third-order valence-corrected chi connectivity index (χ3v) is 2.53. The first-order valence-electron chi connectivity index (χ1n) is 7.34. The normalized spacial score (nSPS) is 12.8. The Morgan fingerprint density at radius 2 is 1.73 bits per heavy atom. The van der Waals surface area contributed by atoms with Crippen LogP contribution in [0.2, 0.25) is 0 Å². The first-order chi connectivity index (χ1) is 10.1. The van der Waals surface area contributed by atoms with Gasteiger partial charge in [0.1, 0.15) is 0 Å². The predicted octanol–water partition coefficient (Wildman–Crippen LogP) is 4.55. The molecule has 0 aliphatic carbocycles. The molecule has 0 radical (unpaired) electrons. The van der Waals surface area contributed by atoms with Crippen LogP contribution in [0.25, 0.3) is 0 Å². The smallest absolute Gasteiger partial charge is 0.253 e. The van der Waals surface area contributed by atoms with Crippen LogP contribution in [0.3, 0.4) is 0 Å². The number of benzene rings is 1. The van der Waals surface area contributed by atoms with Crippen molar-refractivity contribution < 1.29 is 4.79 Å². The number of hydrogen-bond donors (Lipinski definition) is 2. The lowest BCUT2D eigenvalue weighted by Crippen LogP contribution is -2.40. The van der Waals surface area contributed by atoms with Crippen LogP contribution in [-0.2, 0) is 0 Å². The van der Waals surface area contributed by atoms with E-state index in [9.17, 15) is 4.79 Å². The fourth-order valence-electron chi connectivity index (χ4n) is 1.56. The number of carbonyl (C=O) groups excluding carboxylic acids is 1. The van der Waals surface area contributed by atoms with Crippen molar-refractivity contribution in [3.63, 3.8) is 0 Å². The van der Waals surface area contributed by atoms with Gasteiger partial charge in [-0.05, 0) is 38.3 Å². The molecule has 0 aliphatic rings. The molecule has 0 unspecified atom stereocenters. The number of amides is 1. The van der Waals surface area contributed by atoms with E-state index < -0.39 is 0 Å². The van der Waals surface area contributed by atoms with E-state index in [0.717, 1.165) is 0 Å². The number of carbonyl (C=O) groups is 1. The zero-order valence-corrected chi connectivity index (χ0v) is 14.3. The Morgan fingerprint density at radius 1 is 1.09 bits per heavy atom. The Balaban J connectivity index is 2.78. The highest BCUT2D eigenvalue weighted by atomic mass is 16.1. The van der Waals surface area contributed by atoms with Gasteiger partial charge in [-0.2, -0.15) is 0 Å². The molecule has 1 amide bonds. The Kier molecular flexibility index (Phi) is 5.85. The van der Waals surface area contributed by atoms with E-state index in [4.69, 9.17) is 0 Å². The Morgan fingerprint density at radius 3 is 2.32 bits per heavy atom. The lowest BCUT2D eigenvalue weighted by atomic mass is 9.97. The van der Waals surface area contributed by atoms with E-state index in [1.807, 2.05) is 39.0 Å². The lowest BCUT2D eigenvalue weighted by Gasteiger charge is -2.21. The van der Waals surface area contributed by atoms with Gasteiger partial charge in [0.05, 0.1) is 11.3 Å². The fourth-order valence-corrected chi connectivity index (χ4v) is 1.56. The maximum atomic E-state index is 12.3. The molecule has 2 N–H and O–H groups in total. The second-order valence-corrected chi connectivity index (χ2v) is 7.26. The summed E-state index contributed by atoms with van der Waals surface area (Å²) in [6.45, 7) is 12.1. The summed E-state index contributed by atoms with van der Waals surface area (Å²) in [5.41, 5.74) is 3.74. The van der Waals surface area contributed by atoms with Crippen LogP contribution in [0.4, 0.5) is 5.69 Å². The molecule has 5 heteroatoms. The third-order valence-electron chi connectivity index (χ3n) is 2.53. The van der Waals surface area contributed by atoms with Crippen molar-refractivity contribution >= 4 is 11.6 Å². The molecule has 1 aromatic carbocycles. The first kappa shape index (κ1) is 17.9. The second-order valence-electron chi connectivity index (χ2n) is 7.26. The molecule has 1 aromatic rings. The molecule has 0 spiro atoms. The molecule has 0 aromatic heterocycles. The summed E-state index contributed by atoms with van der Waals surface area (Å²) < 4.78 is 0. The highest BCUT2D eigenvalue weighted by molar-refractivity contribution is 5.99. The van der Waals surface area contributed by atoms with Crippen LogP contribution < -0.4 is 10.7 Å². The SMILES string of the molecule is CC(C)(C)/C=C/N=NNc1ccccc1C(=O)NC(C)(C)C. The van der Waals surface area contributed by atoms with E-state index in [2.05, 4.69) is 41.9 Å². The van der Waals surface area contributed by atoms with Gasteiger partial charge < -0.3 is 5.32 Å². The molecule has 0 saturated carbocycles. The van der Waals surface area contributed by atoms with Gasteiger partial charge in [-0.1, -0.05) is 44.2 Å². The minimum absolute atomic E-state index is 0.0590. The van der Waals surface area contributed by atoms with E-state index in [-0.39, 0.29) is 16.9 Å². The minimum atomic E-state index is -0.291. The van der Waals surface area contributed by atoms with Crippen LogP contribution in [0.15, 0.2) is 46.9 Å². The third kappa shape index (κ3) is 7.02. The van der Waals surface area contributed by atoms with Crippen LogP contribution in [0.1, 0.15) is 51.9 Å². The van der Waals surface area contributed by atoms with Crippen molar-refractivity contribution in [3.05, 3.63) is 42.1 Å². The minimum Gasteiger partial charge on any atom is -0.347 e. The molecule has 0 saturated heterocycles. The van der Waals surface area contributed by atoms with Crippen molar-refractivity contribution in [2.45, 2.75) is 47.1 Å². The zero-order valence-electron chi connectivity index (χ0n) is 14.3. The average molecular weight is 302 g/mol. The summed E-state index contributed by atoms with van der Waals surface area (Å²) in [6, 6.07) is 7.21. The van der Waals surface area contributed by atoms with Gasteiger partial charge in [0.25, 0.3) is 5.91 Å². The molecule has 0 atom stereocenters. The van der Waals surface area contributed by atoms with Gasteiger partial charge in [-0.25, -0.2) is 0 Å². The number of allylic oxidation sites excluding steroid dienone is 1. The van der Waals surface area contributed by atoms with E-state index in [0.29, 0.717) is 11.3 Å². The largest absolute Gasteiger partial charge is 0.347 e. The zero-order chi connectivity index (χ0) is 16.8. The molecular weight excluding hydrogens is 276 g/mol. The standard InChI is InChI=1S/C17H26N4O/c1-16(2,3)11-12-18-21-20-14-10-8-7-9-13(14)15(22)19-17(4,5)6/h7-12H,1-6H3,(H,18,20)(H,19,22)/b12-11+. The summed E-state index contributed by atoms with van der Waals surface area (Å²) in [5.74, 6) is -0.143.